The Hall–Kier alpha value is -3.15. The molecule has 6 heteroatoms. The van der Waals surface area contributed by atoms with Gasteiger partial charge in [-0.2, -0.15) is 5.10 Å². The molecule has 3 rings (SSSR count). The van der Waals surface area contributed by atoms with Crippen molar-refractivity contribution in [1.82, 2.24) is 19.7 Å². The van der Waals surface area contributed by atoms with Gasteiger partial charge in [-0.05, 0) is 48.9 Å². The van der Waals surface area contributed by atoms with Gasteiger partial charge in [-0.3, -0.25) is 4.79 Å². The van der Waals surface area contributed by atoms with Crippen LogP contribution in [0.25, 0.3) is 5.69 Å². The summed E-state index contributed by atoms with van der Waals surface area (Å²) in [5, 5.41) is 4.08. The van der Waals surface area contributed by atoms with E-state index in [2.05, 4.69) is 10.1 Å². The van der Waals surface area contributed by atoms with Crippen molar-refractivity contribution in [3.8, 4) is 11.4 Å². The number of carbonyl (C=O) groups excluding carboxylic acids is 1. The van der Waals surface area contributed by atoms with E-state index in [0.717, 1.165) is 17.0 Å². The molecule has 0 radical (unpaired) electrons. The third-order valence-electron chi connectivity index (χ3n) is 4.30. The monoisotopic (exact) mass is 336 g/mol. The fourth-order valence-electron chi connectivity index (χ4n) is 2.58. The molecule has 0 aliphatic carbocycles. The van der Waals surface area contributed by atoms with Crippen molar-refractivity contribution in [3.63, 3.8) is 0 Å². The Morgan fingerprint density at radius 2 is 1.80 bits per heavy atom. The lowest BCUT2D eigenvalue weighted by Gasteiger charge is -2.25. The maximum absolute atomic E-state index is 12.7. The largest absolute Gasteiger partial charge is 0.497 e. The first-order chi connectivity index (χ1) is 12.1. The standard InChI is InChI=1S/C19H20N4O2/c1-14(15-6-10-18(25-3)11-7-15)22(2)19(24)16-4-8-17(9-5-16)23-13-20-12-21-23/h4-14H,1-3H3. The summed E-state index contributed by atoms with van der Waals surface area (Å²) in [6, 6.07) is 15.0. The van der Waals surface area contributed by atoms with Gasteiger partial charge in [0.05, 0.1) is 18.8 Å². The summed E-state index contributed by atoms with van der Waals surface area (Å²) >= 11 is 0. The lowest BCUT2D eigenvalue weighted by Crippen LogP contribution is -2.29. The van der Waals surface area contributed by atoms with Gasteiger partial charge in [0.2, 0.25) is 0 Å². The minimum Gasteiger partial charge on any atom is -0.497 e. The molecule has 0 N–H and O–H groups in total. The second-order valence-electron chi connectivity index (χ2n) is 5.75. The molecule has 0 saturated heterocycles. The van der Waals surface area contributed by atoms with E-state index in [4.69, 9.17) is 4.74 Å². The molecule has 0 saturated carbocycles. The molecule has 1 heterocycles. The van der Waals surface area contributed by atoms with Crippen LogP contribution in [0.1, 0.15) is 28.9 Å². The van der Waals surface area contributed by atoms with Crippen molar-refractivity contribution >= 4 is 5.91 Å². The van der Waals surface area contributed by atoms with Gasteiger partial charge in [-0.1, -0.05) is 12.1 Å². The molecule has 1 atom stereocenters. The van der Waals surface area contributed by atoms with E-state index >= 15 is 0 Å². The van der Waals surface area contributed by atoms with E-state index in [-0.39, 0.29) is 11.9 Å². The molecule has 128 valence electrons. The third kappa shape index (κ3) is 3.52. The van der Waals surface area contributed by atoms with E-state index in [1.165, 1.54) is 6.33 Å². The van der Waals surface area contributed by atoms with Crippen LogP contribution in [0.3, 0.4) is 0 Å². The topological polar surface area (TPSA) is 60.2 Å². The summed E-state index contributed by atoms with van der Waals surface area (Å²) in [7, 11) is 3.44. The Labute approximate surface area is 146 Å². The number of carbonyl (C=O) groups is 1. The minimum absolute atomic E-state index is 0.0338. The molecule has 0 bridgehead atoms. The summed E-state index contributed by atoms with van der Waals surface area (Å²) in [5.41, 5.74) is 2.54. The van der Waals surface area contributed by atoms with E-state index in [9.17, 15) is 4.79 Å². The number of rotatable bonds is 5. The number of ether oxygens (including phenoxy) is 1. The van der Waals surface area contributed by atoms with E-state index in [1.807, 2.05) is 50.4 Å². The summed E-state index contributed by atoms with van der Waals surface area (Å²) in [5.74, 6) is 0.766. The van der Waals surface area contributed by atoms with Crippen molar-refractivity contribution in [2.24, 2.45) is 0 Å². The summed E-state index contributed by atoms with van der Waals surface area (Å²) < 4.78 is 6.83. The van der Waals surface area contributed by atoms with Gasteiger partial charge in [0.15, 0.2) is 0 Å². The van der Waals surface area contributed by atoms with E-state index in [1.54, 1.807) is 35.2 Å². The number of hydrogen-bond acceptors (Lipinski definition) is 4. The Bertz CT molecular complexity index is 827. The number of aromatic nitrogens is 3. The first kappa shape index (κ1) is 16.7. The Morgan fingerprint density at radius 3 is 2.36 bits per heavy atom. The second-order valence-corrected chi connectivity index (χ2v) is 5.75. The first-order valence-corrected chi connectivity index (χ1v) is 7.96. The maximum atomic E-state index is 12.7. The van der Waals surface area contributed by atoms with E-state index < -0.39 is 0 Å². The van der Waals surface area contributed by atoms with Crippen LogP contribution in [-0.4, -0.2) is 39.7 Å². The van der Waals surface area contributed by atoms with Crippen molar-refractivity contribution < 1.29 is 9.53 Å². The average molecular weight is 336 g/mol. The summed E-state index contributed by atoms with van der Waals surface area (Å²) in [4.78, 5) is 18.4. The zero-order valence-corrected chi connectivity index (χ0v) is 14.5. The zero-order chi connectivity index (χ0) is 17.8. The van der Waals surface area contributed by atoms with Crippen LogP contribution < -0.4 is 4.74 Å². The normalized spacial score (nSPS) is 11.8. The van der Waals surface area contributed by atoms with Crippen LogP contribution in [0, 0.1) is 0 Å². The number of benzene rings is 2. The molecule has 0 aliphatic rings. The van der Waals surface area contributed by atoms with Crippen molar-refractivity contribution in [2.45, 2.75) is 13.0 Å². The second kappa shape index (κ2) is 7.17. The van der Waals surface area contributed by atoms with Crippen LogP contribution in [0.15, 0.2) is 61.2 Å². The third-order valence-corrected chi connectivity index (χ3v) is 4.30. The predicted octanol–water partition coefficient (Wildman–Crippen LogP) is 3.11. The van der Waals surface area contributed by atoms with Gasteiger partial charge in [0.1, 0.15) is 18.4 Å². The molecule has 1 amide bonds. The SMILES string of the molecule is COc1ccc(C(C)N(C)C(=O)c2ccc(-n3cncn3)cc2)cc1. The highest BCUT2D eigenvalue weighted by molar-refractivity contribution is 5.94. The highest BCUT2D eigenvalue weighted by Crippen LogP contribution is 2.23. The van der Waals surface area contributed by atoms with Crippen LogP contribution in [0.4, 0.5) is 0 Å². The van der Waals surface area contributed by atoms with Crippen LogP contribution in [0.5, 0.6) is 5.75 Å². The van der Waals surface area contributed by atoms with Crippen LogP contribution >= 0.6 is 0 Å². The maximum Gasteiger partial charge on any atom is 0.254 e. The lowest BCUT2D eigenvalue weighted by molar-refractivity contribution is 0.0742. The fraction of sp³-hybridized carbons (Fsp3) is 0.211. The van der Waals surface area contributed by atoms with Crippen LogP contribution in [0.2, 0.25) is 0 Å². The van der Waals surface area contributed by atoms with Gasteiger partial charge in [0, 0.05) is 12.6 Å². The Kier molecular flexibility index (Phi) is 4.79. The van der Waals surface area contributed by atoms with Crippen molar-refractivity contribution in [1.29, 1.82) is 0 Å². The minimum atomic E-state index is -0.0478. The van der Waals surface area contributed by atoms with Crippen LogP contribution in [-0.2, 0) is 0 Å². The van der Waals surface area contributed by atoms with E-state index in [0.29, 0.717) is 5.56 Å². The van der Waals surface area contributed by atoms with Crippen molar-refractivity contribution in [3.05, 3.63) is 72.3 Å². The van der Waals surface area contributed by atoms with Gasteiger partial charge < -0.3 is 9.64 Å². The number of methoxy groups -OCH3 is 1. The summed E-state index contributed by atoms with van der Waals surface area (Å²) in [6.07, 6.45) is 3.10. The first-order valence-electron chi connectivity index (χ1n) is 7.96. The Morgan fingerprint density at radius 1 is 1.12 bits per heavy atom. The molecule has 3 aromatic rings. The molecule has 0 spiro atoms. The average Bonchev–Trinajstić information content (AvgIpc) is 3.21. The zero-order valence-electron chi connectivity index (χ0n) is 14.5. The fourth-order valence-corrected chi connectivity index (χ4v) is 2.58. The van der Waals surface area contributed by atoms with Gasteiger partial charge >= 0.3 is 0 Å². The lowest BCUT2D eigenvalue weighted by atomic mass is 10.1. The molecular weight excluding hydrogens is 316 g/mol. The van der Waals surface area contributed by atoms with Gasteiger partial charge in [0.25, 0.3) is 5.91 Å². The Balaban J connectivity index is 1.74. The molecule has 0 fully saturated rings. The quantitative estimate of drug-likeness (QED) is 0.718. The molecule has 6 nitrogen and oxygen atoms in total. The molecule has 0 aliphatic heterocycles. The van der Waals surface area contributed by atoms with Gasteiger partial charge in [-0.15, -0.1) is 0 Å². The molecule has 2 aromatic carbocycles. The number of nitrogens with zero attached hydrogens (tertiary/aromatic N) is 4. The molecule has 1 aromatic heterocycles. The summed E-state index contributed by atoms with van der Waals surface area (Å²) in [6.45, 7) is 2.00. The molecule has 1 unspecified atom stereocenters. The number of amides is 1. The highest BCUT2D eigenvalue weighted by atomic mass is 16.5. The van der Waals surface area contributed by atoms with Gasteiger partial charge in [-0.25, -0.2) is 9.67 Å². The smallest absolute Gasteiger partial charge is 0.254 e. The highest BCUT2D eigenvalue weighted by Gasteiger charge is 2.19. The molecular formula is C19H20N4O2. The number of hydrogen-bond donors (Lipinski definition) is 0. The molecule has 25 heavy (non-hydrogen) atoms. The predicted molar refractivity (Wildman–Crippen MR) is 94.9 cm³/mol. The van der Waals surface area contributed by atoms with Crippen molar-refractivity contribution in [2.75, 3.05) is 14.2 Å².